The molecule has 0 saturated carbocycles. The van der Waals surface area contributed by atoms with Crippen LogP contribution in [0.25, 0.3) is 0 Å². The molecule has 2 aromatic carbocycles. The minimum atomic E-state index is -5.18. The molecule has 1 aliphatic rings. The molecule has 3 atom stereocenters. The fraction of sp³-hybridized carbons (Fsp3) is 0.458. The number of aliphatic hydroxyl groups is 1. The lowest BCUT2D eigenvalue weighted by atomic mass is 9.78. The number of ether oxygens (including phenoxy) is 1. The maximum atomic E-state index is 13.5. The number of halogens is 9. The van der Waals surface area contributed by atoms with E-state index in [-0.39, 0.29) is 36.8 Å². The Morgan fingerprint density at radius 2 is 1.46 bits per heavy atom. The van der Waals surface area contributed by atoms with Gasteiger partial charge in [-0.3, -0.25) is 4.90 Å². The van der Waals surface area contributed by atoms with Crippen LogP contribution in [0.15, 0.2) is 36.4 Å². The zero-order chi connectivity index (χ0) is 27.9. The Hall–Kier alpha value is -2.96. The molecule has 3 rings (SSSR count). The van der Waals surface area contributed by atoms with Gasteiger partial charge in [0, 0.05) is 12.0 Å². The van der Waals surface area contributed by atoms with Crippen LogP contribution in [0.4, 0.5) is 50.0 Å². The van der Waals surface area contributed by atoms with Crippen LogP contribution in [0.5, 0.6) is 0 Å². The molecule has 204 valence electrons. The highest BCUT2D eigenvalue weighted by atomic mass is 19.4. The maximum Gasteiger partial charge on any atom is 0.416 e. The number of hydrogen-bond acceptors (Lipinski definition) is 3. The van der Waals surface area contributed by atoms with E-state index in [1.165, 1.54) is 6.92 Å². The third-order valence-electron chi connectivity index (χ3n) is 6.17. The zero-order valence-corrected chi connectivity index (χ0v) is 19.4. The molecule has 37 heavy (non-hydrogen) atoms. The van der Waals surface area contributed by atoms with Crippen LogP contribution < -0.4 is 4.90 Å². The summed E-state index contributed by atoms with van der Waals surface area (Å²) in [5.41, 5.74) is -5.62. The molecule has 1 aliphatic heterocycles. The van der Waals surface area contributed by atoms with Crippen molar-refractivity contribution in [2.24, 2.45) is 0 Å². The number of carbonyl (C=O) groups is 1. The average Bonchev–Trinajstić information content (AvgIpc) is 2.80. The van der Waals surface area contributed by atoms with Gasteiger partial charge in [-0.2, -0.15) is 39.5 Å². The number of aliphatic hydroxyl groups excluding tert-OH is 1. The van der Waals surface area contributed by atoms with Gasteiger partial charge in [-0.1, -0.05) is 6.92 Å². The third-order valence-corrected chi connectivity index (χ3v) is 6.17. The predicted molar refractivity (Wildman–Crippen MR) is 114 cm³/mol. The molecule has 1 amide bonds. The van der Waals surface area contributed by atoms with Crippen molar-refractivity contribution >= 4 is 11.8 Å². The van der Waals surface area contributed by atoms with Gasteiger partial charge in [0.15, 0.2) is 0 Å². The van der Waals surface area contributed by atoms with Gasteiger partial charge >= 0.3 is 24.6 Å². The van der Waals surface area contributed by atoms with E-state index in [4.69, 9.17) is 4.74 Å². The van der Waals surface area contributed by atoms with Crippen molar-refractivity contribution in [3.8, 4) is 0 Å². The van der Waals surface area contributed by atoms with E-state index in [1.807, 2.05) is 0 Å². The molecule has 0 saturated heterocycles. The summed E-state index contributed by atoms with van der Waals surface area (Å²) in [6.07, 6.45) is -18.2. The first-order chi connectivity index (χ1) is 17.0. The number of carbonyl (C=O) groups excluding carboxylic acids is 1. The number of amides is 1. The van der Waals surface area contributed by atoms with E-state index in [0.29, 0.717) is 24.3 Å². The van der Waals surface area contributed by atoms with Crippen molar-refractivity contribution < 1.29 is 54.2 Å². The Kier molecular flexibility index (Phi) is 7.79. The summed E-state index contributed by atoms with van der Waals surface area (Å²) >= 11 is 0. The van der Waals surface area contributed by atoms with Gasteiger partial charge in [0.05, 0.1) is 35.1 Å². The molecular formula is C24H22F9NO3. The van der Waals surface area contributed by atoms with Crippen LogP contribution in [-0.2, 0) is 23.3 Å². The minimum absolute atomic E-state index is 0.0573. The van der Waals surface area contributed by atoms with E-state index < -0.39 is 64.9 Å². The van der Waals surface area contributed by atoms with Gasteiger partial charge in [0.2, 0.25) is 0 Å². The summed E-state index contributed by atoms with van der Waals surface area (Å²) < 4.78 is 126. The maximum absolute atomic E-state index is 13.5. The van der Waals surface area contributed by atoms with Crippen molar-refractivity contribution in [3.63, 3.8) is 0 Å². The summed E-state index contributed by atoms with van der Waals surface area (Å²) in [4.78, 5) is 13.7. The SMILES string of the molecule is CCOC(=O)N1c2ccc(C(F)(F)F)cc2C(C(O)c2cc(C(F)(F)F)cc(C(F)(F)F)c2)CC1CC. The zero-order valence-electron chi connectivity index (χ0n) is 19.4. The highest BCUT2D eigenvalue weighted by Crippen LogP contribution is 2.48. The third kappa shape index (κ3) is 5.97. The Morgan fingerprint density at radius 3 is 1.92 bits per heavy atom. The predicted octanol–water partition coefficient (Wildman–Crippen LogP) is 7.71. The second kappa shape index (κ2) is 10.1. The molecule has 0 aliphatic carbocycles. The number of anilines is 1. The van der Waals surface area contributed by atoms with Crippen LogP contribution in [0, 0.1) is 0 Å². The molecule has 2 aromatic rings. The van der Waals surface area contributed by atoms with Crippen LogP contribution in [0.1, 0.15) is 66.5 Å². The van der Waals surface area contributed by atoms with E-state index in [2.05, 4.69) is 0 Å². The van der Waals surface area contributed by atoms with Crippen molar-refractivity contribution in [1.29, 1.82) is 0 Å². The van der Waals surface area contributed by atoms with Gasteiger partial charge in [-0.05, 0) is 67.3 Å². The lowest BCUT2D eigenvalue weighted by Crippen LogP contribution is -2.45. The molecule has 3 unspecified atom stereocenters. The monoisotopic (exact) mass is 543 g/mol. The van der Waals surface area contributed by atoms with E-state index in [9.17, 15) is 49.4 Å². The smallest absolute Gasteiger partial charge is 0.416 e. The summed E-state index contributed by atoms with van der Waals surface area (Å²) in [7, 11) is 0. The fourth-order valence-corrected chi connectivity index (χ4v) is 4.44. The van der Waals surface area contributed by atoms with Crippen molar-refractivity contribution in [1.82, 2.24) is 0 Å². The number of hydrogen-bond donors (Lipinski definition) is 1. The van der Waals surface area contributed by atoms with Gasteiger partial charge in [0.1, 0.15) is 0 Å². The molecule has 0 spiro atoms. The van der Waals surface area contributed by atoms with Crippen LogP contribution in [0.2, 0.25) is 0 Å². The number of nitrogens with zero attached hydrogens (tertiary/aromatic N) is 1. The molecule has 0 radical (unpaired) electrons. The molecule has 0 aromatic heterocycles. The Balaban J connectivity index is 2.22. The molecular weight excluding hydrogens is 521 g/mol. The lowest BCUT2D eigenvalue weighted by Gasteiger charge is -2.41. The second-order valence-electron chi connectivity index (χ2n) is 8.53. The second-order valence-corrected chi connectivity index (χ2v) is 8.53. The average molecular weight is 543 g/mol. The normalized spacial score (nSPS) is 19.4. The summed E-state index contributed by atoms with van der Waals surface area (Å²) in [6.45, 7) is 3.08. The highest BCUT2D eigenvalue weighted by Gasteiger charge is 2.43. The first-order valence-corrected chi connectivity index (χ1v) is 11.1. The number of rotatable bonds is 4. The van der Waals surface area contributed by atoms with Crippen LogP contribution in [0.3, 0.4) is 0 Å². The van der Waals surface area contributed by atoms with E-state index in [0.717, 1.165) is 11.0 Å². The molecule has 4 nitrogen and oxygen atoms in total. The van der Waals surface area contributed by atoms with Gasteiger partial charge in [-0.25, -0.2) is 4.79 Å². The van der Waals surface area contributed by atoms with E-state index >= 15 is 0 Å². The molecule has 0 fully saturated rings. The molecule has 1 N–H and O–H groups in total. The summed E-state index contributed by atoms with van der Waals surface area (Å²) in [5, 5.41) is 11.1. The van der Waals surface area contributed by atoms with Gasteiger partial charge < -0.3 is 9.84 Å². The Morgan fingerprint density at radius 1 is 0.919 bits per heavy atom. The minimum Gasteiger partial charge on any atom is -0.449 e. The Bertz CT molecular complexity index is 1110. The molecule has 0 bridgehead atoms. The Labute approximate surface area is 205 Å². The number of fused-ring (bicyclic) bond motifs is 1. The lowest BCUT2D eigenvalue weighted by molar-refractivity contribution is -0.143. The quantitative estimate of drug-likeness (QED) is 0.402. The van der Waals surface area contributed by atoms with Crippen LogP contribution in [-0.4, -0.2) is 23.8 Å². The van der Waals surface area contributed by atoms with E-state index in [1.54, 1.807) is 6.92 Å². The first kappa shape index (κ1) is 28.6. The van der Waals surface area contributed by atoms with Crippen molar-refractivity contribution in [3.05, 3.63) is 64.2 Å². The summed E-state index contributed by atoms with van der Waals surface area (Å²) in [5.74, 6) is -1.36. The first-order valence-electron chi connectivity index (χ1n) is 11.1. The highest BCUT2D eigenvalue weighted by molar-refractivity contribution is 5.90. The van der Waals surface area contributed by atoms with Gasteiger partial charge in [0.25, 0.3) is 0 Å². The topological polar surface area (TPSA) is 49.8 Å². The van der Waals surface area contributed by atoms with Crippen LogP contribution >= 0.6 is 0 Å². The summed E-state index contributed by atoms with van der Waals surface area (Å²) in [6, 6.07) is 2.11. The van der Waals surface area contributed by atoms with Crippen molar-refractivity contribution in [2.75, 3.05) is 11.5 Å². The van der Waals surface area contributed by atoms with Gasteiger partial charge in [-0.15, -0.1) is 0 Å². The molecule has 13 heteroatoms. The van der Waals surface area contributed by atoms with Crippen molar-refractivity contribution in [2.45, 2.75) is 63.3 Å². The largest absolute Gasteiger partial charge is 0.449 e. The standard InChI is InChI=1S/C24H22F9NO3/c1-3-16-11-18(20(35)12-7-14(23(28,29)30)9-15(8-12)24(31,32)33)17-10-13(22(25,26)27)5-6-19(17)34(16)21(36)37-4-2/h5-10,16,18,20,35H,3-4,11H2,1-2H3. The molecule has 1 heterocycles. The number of benzene rings is 2. The fourth-order valence-electron chi connectivity index (χ4n) is 4.44. The number of alkyl halides is 9.